The highest BCUT2D eigenvalue weighted by molar-refractivity contribution is 7.87. The van der Waals surface area contributed by atoms with E-state index in [2.05, 4.69) is 4.18 Å². The first-order chi connectivity index (χ1) is 5.98. The smallest absolute Gasteiger partial charge is 0.319 e. The highest BCUT2D eigenvalue weighted by atomic mass is 32.2. The fourth-order valence-electron chi connectivity index (χ4n) is 0.926. The molecule has 0 saturated carbocycles. The molecule has 0 amide bonds. The van der Waals surface area contributed by atoms with Crippen molar-refractivity contribution in [1.29, 1.82) is 0 Å². The zero-order chi connectivity index (χ0) is 10.3. The molecule has 4 nitrogen and oxygen atoms in total. The van der Waals surface area contributed by atoms with Gasteiger partial charge in [-0.25, -0.2) is 0 Å². The summed E-state index contributed by atoms with van der Waals surface area (Å²) in [6, 6.07) is 0. The van der Waals surface area contributed by atoms with Crippen molar-refractivity contribution in [2.24, 2.45) is 0 Å². The average molecular weight is 208 g/mol. The highest BCUT2D eigenvalue weighted by Gasteiger charge is 2.12. The molecule has 0 aliphatic rings. The second-order valence-corrected chi connectivity index (χ2v) is 4.59. The number of unbranched alkanes of at least 4 members (excludes halogenated alkanes) is 3. The van der Waals surface area contributed by atoms with Crippen molar-refractivity contribution < 1.29 is 17.4 Å². The Morgan fingerprint density at radius 1 is 1.23 bits per heavy atom. The molecule has 0 unspecified atom stereocenters. The zero-order valence-corrected chi connectivity index (χ0v) is 8.89. The van der Waals surface area contributed by atoms with Crippen LogP contribution in [0.25, 0.3) is 0 Å². The van der Waals surface area contributed by atoms with E-state index in [1.807, 2.05) is 6.92 Å². The summed E-state index contributed by atoms with van der Waals surface area (Å²) in [5.41, 5.74) is 0. The highest BCUT2D eigenvalue weighted by Crippen LogP contribution is 2.03. The lowest BCUT2D eigenvalue weighted by Crippen LogP contribution is -2.13. The van der Waals surface area contributed by atoms with E-state index in [9.17, 15) is 13.2 Å². The number of carbonyl (C=O) groups excluding carboxylic acids is 1. The minimum atomic E-state index is -3.61. The molecule has 0 aromatic carbocycles. The predicted octanol–water partition coefficient (Wildman–Crippen LogP) is 1.46. The molecule has 0 rings (SSSR count). The lowest BCUT2D eigenvalue weighted by Gasteiger charge is -2.02. The van der Waals surface area contributed by atoms with Gasteiger partial charge in [0.25, 0.3) is 0 Å². The molecule has 78 valence electrons. The van der Waals surface area contributed by atoms with E-state index >= 15 is 0 Å². The molecule has 13 heavy (non-hydrogen) atoms. The van der Waals surface area contributed by atoms with Gasteiger partial charge in [0.15, 0.2) is 0 Å². The third-order valence-electron chi connectivity index (χ3n) is 1.49. The minimum Gasteiger partial charge on any atom is -0.346 e. The van der Waals surface area contributed by atoms with Crippen molar-refractivity contribution in [3.63, 3.8) is 0 Å². The Labute approximate surface area is 79.4 Å². The summed E-state index contributed by atoms with van der Waals surface area (Å²) >= 11 is 0. The first-order valence-corrected chi connectivity index (χ1v) is 5.98. The van der Waals surface area contributed by atoms with Crippen LogP contribution in [0.5, 0.6) is 0 Å². The van der Waals surface area contributed by atoms with Gasteiger partial charge in [-0.2, -0.15) is 8.42 Å². The minimum absolute atomic E-state index is 0.0629. The van der Waals surface area contributed by atoms with Gasteiger partial charge >= 0.3 is 16.1 Å². The van der Waals surface area contributed by atoms with Crippen molar-refractivity contribution in [2.75, 3.05) is 5.75 Å². The van der Waals surface area contributed by atoms with E-state index in [0.29, 0.717) is 6.42 Å². The molecule has 0 spiro atoms. The molecular formula is C8H16O4S. The van der Waals surface area contributed by atoms with Gasteiger partial charge in [-0.1, -0.05) is 26.2 Å². The van der Waals surface area contributed by atoms with Crippen LogP contribution in [-0.2, 0) is 19.1 Å². The van der Waals surface area contributed by atoms with Gasteiger partial charge in [-0.05, 0) is 6.42 Å². The Hall–Kier alpha value is -0.580. The van der Waals surface area contributed by atoms with E-state index in [0.717, 1.165) is 26.2 Å². The van der Waals surface area contributed by atoms with Crippen LogP contribution in [0.2, 0.25) is 0 Å². The first-order valence-electron chi connectivity index (χ1n) is 4.40. The Kier molecular flexibility index (Phi) is 5.70. The Morgan fingerprint density at radius 2 is 1.85 bits per heavy atom. The van der Waals surface area contributed by atoms with Crippen LogP contribution in [0.1, 0.15) is 39.5 Å². The molecule has 0 bridgehead atoms. The van der Waals surface area contributed by atoms with Crippen LogP contribution in [0.3, 0.4) is 0 Å². The van der Waals surface area contributed by atoms with Crippen molar-refractivity contribution in [3.05, 3.63) is 0 Å². The van der Waals surface area contributed by atoms with Gasteiger partial charge in [-0.3, -0.25) is 4.79 Å². The SMILES string of the molecule is CCCCCCS(=O)(=O)OC(C)=O. The van der Waals surface area contributed by atoms with Gasteiger partial charge < -0.3 is 4.18 Å². The molecular weight excluding hydrogens is 192 g/mol. The largest absolute Gasteiger partial charge is 0.346 e. The summed E-state index contributed by atoms with van der Waals surface area (Å²) < 4.78 is 26.1. The average Bonchev–Trinajstić information content (AvgIpc) is 1.95. The molecule has 0 radical (unpaired) electrons. The standard InChI is InChI=1S/C8H16O4S/c1-3-4-5-6-7-13(10,11)12-8(2)9/h3-7H2,1-2H3. The Balaban J connectivity index is 3.71. The quantitative estimate of drug-likeness (QED) is 0.489. The number of rotatable bonds is 6. The third-order valence-corrected chi connectivity index (χ3v) is 2.77. The zero-order valence-electron chi connectivity index (χ0n) is 8.08. The molecule has 0 fully saturated rings. The summed E-state index contributed by atoms with van der Waals surface area (Å²) in [7, 11) is -3.61. The van der Waals surface area contributed by atoms with Gasteiger partial charge in [0, 0.05) is 6.92 Å². The Bertz CT molecular complexity index is 243. The van der Waals surface area contributed by atoms with E-state index < -0.39 is 16.1 Å². The van der Waals surface area contributed by atoms with E-state index in [-0.39, 0.29) is 5.75 Å². The maximum Gasteiger partial charge on any atom is 0.319 e. The summed E-state index contributed by atoms with van der Waals surface area (Å²) in [5, 5.41) is 0. The molecule has 0 aromatic heterocycles. The molecule has 0 atom stereocenters. The van der Waals surface area contributed by atoms with Gasteiger partial charge in [-0.15, -0.1) is 0 Å². The second kappa shape index (κ2) is 5.96. The maximum absolute atomic E-state index is 11.0. The fourth-order valence-corrected chi connectivity index (χ4v) is 1.92. The summed E-state index contributed by atoms with van der Waals surface area (Å²) in [4.78, 5) is 10.3. The molecule has 0 N–H and O–H groups in total. The second-order valence-electron chi connectivity index (χ2n) is 2.90. The van der Waals surface area contributed by atoms with Crippen LogP contribution in [0.15, 0.2) is 0 Å². The first kappa shape index (κ1) is 12.4. The van der Waals surface area contributed by atoms with Crippen LogP contribution < -0.4 is 0 Å². The molecule has 0 aliphatic heterocycles. The van der Waals surface area contributed by atoms with Crippen molar-refractivity contribution in [1.82, 2.24) is 0 Å². The van der Waals surface area contributed by atoms with Crippen molar-refractivity contribution in [3.8, 4) is 0 Å². The predicted molar refractivity (Wildman–Crippen MR) is 49.7 cm³/mol. The number of hydrogen-bond acceptors (Lipinski definition) is 4. The van der Waals surface area contributed by atoms with E-state index in [1.165, 1.54) is 0 Å². The van der Waals surface area contributed by atoms with E-state index in [1.54, 1.807) is 0 Å². The van der Waals surface area contributed by atoms with E-state index in [4.69, 9.17) is 0 Å². The monoisotopic (exact) mass is 208 g/mol. The topological polar surface area (TPSA) is 60.4 Å². The van der Waals surface area contributed by atoms with Crippen LogP contribution >= 0.6 is 0 Å². The van der Waals surface area contributed by atoms with Crippen molar-refractivity contribution >= 4 is 16.1 Å². The van der Waals surface area contributed by atoms with Crippen LogP contribution in [0, 0.1) is 0 Å². The third kappa shape index (κ3) is 7.77. The lowest BCUT2D eigenvalue weighted by molar-refractivity contribution is -0.131. The summed E-state index contributed by atoms with van der Waals surface area (Å²) in [6.07, 6.45) is 3.48. The normalized spacial score (nSPS) is 11.2. The lowest BCUT2D eigenvalue weighted by atomic mass is 10.2. The molecule has 0 saturated heterocycles. The number of hydrogen-bond donors (Lipinski definition) is 0. The maximum atomic E-state index is 11.0. The molecule has 5 heteroatoms. The molecule has 0 aromatic rings. The fraction of sp³-hybridized carbons (Fsp3) is 0.875. The van der Waals surface area contributed by atoms with Crippen LogP contribution in [0.4, 0.5) is 0 Å². The molecule has 0 aliphatic carbocycles. The van der Waals surface area contributed by atoms with Gasteiger partial charge in [0.1, 0.15) is 0 Å². The van der Waals surface area contributed by atoms with Crippen LogP contribution in [-0.4, -0.2) is 20.1 Å². The molecule has 0 heterocycles. The van der Waals surface area contributed by atoms with Gasteiger partial charge in [0.05, 0.1) is 5.75 Å². The summed E-state index contributed by atoms with van der Waals surface area (Å²) in [5.74, 6) is -0.831. The van der Waals surface area contributed by atoms with Crippen molar-refractivity contribution in [2.45, 2.75) is 39.5 Å². The Morgan fingerprint density at radius 3 is 2.31 bits per heavy atom. The van der Waals surface area contributed by atoms with Gasteiger partial charge in [0.2, 0.25) is 0 Å². The summed E-state index contributed by atoms with van der Waals surface area (Å²) in [6.45, 7) is 3.13. The number of carbonyl (C=O) groups is 1.